The number of aliphatic hydroxyl groups is 9. The van der Waals surface area contributed by atoms with Crippen LogP contribution in [0.25, 0.3) is 0 Å². The summed E-state index contributed by atoms with van der Waals surface area (Å²) in [6.07, 6.45) is 2.50. The molecule has 3 unspecified atom stereocenters. The summed E-state index contributed by atoms with van der Waals surface area (Å²) in [5, 5.41) is 96.6. The van der Waals surface area contributed by atoms with Gasteiger partial charge in [0, 0.05) is 0 Å². The second kappa shape index (κ2) is 40.7. The number of aldehydes is 1. The number of benzene rings is 3. The predicted molar refractivity (Wildman–Crippen MR) is 293 cm³/mol. The van der Waals surface area contributed by atoms with Crippen LogP contribution in [0.15, 0.2) is 77.7 Å². The van der Waals surface area contributed by atoms with Gasteiger partial charge in [-0.25, -0.2) is 21.6 Å². The van der Waals surface area contributed by atoms with Crippen molar-refractivity contribution in [3.8, 4) is 5.75 Å². The number of rotatable bonds is 25. The summed E-state index contributed by atoms with van der Waals surface area (Å²) in [5.74, 6) is 0.885. The molecule has 23 nitrogen and oxygen atoms in total. The van der Waals surface area contributed by atoms with Crippen molar-refractivity contribution in [2.45, 2.75) is 189 Å². The minimum Gasteiger partial charge on any atom is -0.726 e. The van der Waals surface area contributed by atoms with Crippen molar-refractivity contribution in [2.75, 3.05) is 19.8 Å². The van der Waals surface area contributed by atoms with E-state index in [0.29, 0.717) is 35.5 Å². The third-order valence-electron chi connectivity index (χ3n) is 15.6. The number of halogens is 1. The molecule has 0 spiro atoms. The fourth-order valence-electron chi connectivity index (χ4n) is 11.0. The average Bonchev–Trinajstić information content (AvgIpc) is 1.90. The number of hydrogen-bond donors (Lipinski definition) is 10. The summed E-state index contributed by atoms with van der Waals surface area (Å²) in [6.45, 7) is 2.92. The number of aliphatic hydroxyl groups excluding tert-OH is 9. The first-order valence-corrected chi connectivity index (χ1v) is 30.8. The Hall–Kier alpha value is -1.10. The molecule has 7 rings (SSSR count). The van der Waals surface area contributed by atoms with Crippen LogP contribution in [-0.4, -0.2) is 167 Å². The quantitative estimate of drug-likeness (QED) is 0.00551. The molecule has 4 aliphatic rings. The topological polar surface area (TPSA) is 397 Å². The molecule has 0 amide bonds. The fourth-order valence-corrected chi connectivity index (χ4v) is 12.2. The van der Waals surface area contributed by atoms with E-state index < -0.39 is 94.7 Å². The molecular formula is C56H80ClNNa3O22S2+. The van der Waals surface area contributed by atoms with E-state index in [4.69, 9.17) is 36.2 Å². The average molecular weight is 1290 g/mol. The van der Waals surface area contributed by atoms with Crippen LogP contribution < -0.4 is 103 Å². The molecule has 85 heavy (non-hydrogen) atoms. The van der Waals surface area contributed by atoms with Gasteiger partial charge >= 0.3 is 94.6 Å². The van der Waals surface area contributed by atoms with Crippen molar-refractivity contribution in [1.29, 1.82) is 0 Å². The van der Waals surface area contributed by atoms with Gasteiger partial charge in [-0.15, -0.1) is 4.24 Å². The van der Waals surface area contributed by atoms with Crippen LogP contribution >= 0.6 is 11.8 Å². The molecular weight excluding hydrogens is 1210 g/mol. The molecule has 0 radical (unpaired) electrons. The Kier molecular flexibility index (Phi) is 39.2. The van der Waals surface area contributed by atoms with Gasteiger partial charge in [0.15, 0.2) is 12.6 Å². The van der Waals surface area contributed by atoms with E-state index in [0.717, 1.165) is 62.8 Å². The number of carbonyl (C=O) groups is 3. The number of hydrogen-bond acceptors (Lipinski definition) is 22. The molecule has 2 saturated carbocycles. The van der Waals surface area contributed by atoms with E-state index in [1.54, 1.807) is 16.4 Å². The monoisotopic (exact) mass is 1290 g/mol. The van der Waals surface area contributed by atoms with Crippen molar-refractivity contribution >= 4 is 50.4 Å². The Bertz CT molecular complexity index is 2650. The second-order valence-electron chi connectivity index (χ2n) is 21.1. The Morgan fingerprint density at radius 3 is 1.94 bits per heavy atom. The normalized spacial score (nSPS) is 25.3. The zero-order valence-electron chi connectivity index (χ0n) is 49.0. The number of carbonyl (C=O) groups excluding carboxylic acids is 3. The molecule has 0 aromatic heterocycles. The molecule has 0 bridgehead atoms. The van der Waals surface area contributed by atoms with E-state index in [1.807, 2.05) is 24.3 Å². The molecule has 10 N–H and O–H groups in total. The Morgan fingerprint density at radius 2 is 1.40 bits per heavy atom. The zero-order valence-corrected chi connectivity index (χ0v) is 57.4. The molecule has 3 aliphatic carbocycles. The maximum absolute atomic E-state index is 12.4. The summed E-state index contributed by atoms with van der Waals surface area (Å²) in [7, 11) is -8.22. The van der Waals surface area contributed by atoms with Crippen molar-refractivity contribution in [3.05, 3.63) is 95.1 Å². The summed E-state index contributed by atoms with van der Waals surface area (Å²) in [6, 6.07) is 19.8. The van der Waals surface area contributed by atoms with E-state index in [9.17, 15) is 76.6 Å². The first-order valence-electron chi connectivity index (χ1n) is 27.6. The van der Waals surface area contributed by atoms with Crippen LogP contribution in [0, 0.1) is 17.3 Å². The van der Waals surface area contributed by atoms with Crippen LogP contribution in [0.2, 0.25) is 0 Å². The Labute approximate surface area is 569 Å². The Balaban J connectivity index is 0.000000580. The summed E-state index contributed by atoms with van der Waals surface area (Å²) in [5.41, 5.74) is 3.37. The van der Waals surface area contributed by atoms with E-state index >= 15 is 0 Å². The van der Waals surface area contributed by atoms with Crippen molar-refractivity contribution < 1.29 is 194 Å². The van der Waals surface area contributed by atoms with Crippen LogP contribution in [0.1, 0.15) is 148 Å². The van der Waals surface area contributed by atoms with Crippen molar-refractivity contribution in [2.24, 2.45) is 17.3 Å². The first-order chi connectivity index (χ1) is 38.9. The second-order valence-corrected chi connectivity index (χ2v) is 24.3. The molecule has 14 atom stereocenters. The van der Waals surface area contributed by atoms with Gasteiger partial charge in [0.2, 0.25) is 10.4 Å². The molecule has 3 fully saturated rings. The maximum Gasteiger partial charge on any atom is 1.00 e. The predicted octanol–water partition coefficient (Wildman–Crippen LogP) is -6.55. The third kappa shape index (κ3) is 25.1. The van der Waals surface area contributed by atoms with Gasteiger partial charge in [0.05, 0.1) is 42.4 Å². The molecule has 1 aliphatic heterocycles. The van der Waals surface area contributed by atoms with Gasteiger partial charge in [0.25, 0.3) is 10.0 Å². The van der Waals surface area contributed by atoms with Crippen LogP contribution in [0.4, 0.5) is 0 Å². The number of unbranched alkanes of at least 4 members (excludes halogenated alkanes) is 9. The van der Waals surface area contributed by atoms with Gasteiger partial charge in [0.1, 0.15) is 54.6 Å². The van der Waals surface area contributed by atoms with Gasteiger partial charge < -0.3 is 79.4 Å². The number of nitrogens with one attached hydrogen (secondary N) is 1. The number of aryl methyl sites for hydroxylation is 1. The summed E-state index contributed by atoms with van der Waals surface area (Å²) < 4.78 is 73.9. The number of aromatic carboxylic acids is 1. The maximum atomic E-state index is 12.4. The summed E-state index contributed by atoms with van der Waals surface area (Å²) >= 11 is 4.96. The number of ether oxygens (including phenoxy) is 3. The minimum atomic E-state index is -4.48. The number of fused-ring (bicyclic) bond motifs is 5. The minimum absolute atomic E-state index is 0. The van der Waals surface area contributed by atoms with E-state index in [1.165, 1.54) is 68.9 Å². The van der Waals surface area contributed by atoms with Crippen LogP contribution in [0.3, 0.4) is 0 Å². The largest absolute Gasteiger partial charge is 1.00 e. The van der Waals surface area contributed by atoms with Crippen LogP contribution in [-0.2, 0) is 45.3 Å². The van der Waals surface area contributed by atoms with E-state index in [2.05, 4.69) is 30.2 Å². The summed E-state index contributed by atoms with van der Waals surface area (Å²) in [4.78, 5) is 33.1. The molecule has 3 aromatic rings. The van der Waals surface area contributed by atoms with Crippen molar-refractivity contribution in [3.63, 3.8) is 0 Å². The van der Waals surface area contributed by atoms with Gasteiger partial charge in [-0.05, 0) is 133 Å². The number of sulfonamides is 1. The smallest absolute Gasteiger partial charge is 0.726 e. The van der Waals surface area contributed by atoms with Crippen LogP contribution in [0.5, 0.6) is 5.75 Å². The molecule has 1 saturated heterocycles. The van der Waals surface area contributed by atoms with E-state index in [-0.39, 0.29) is 130 Å². The molecule has 3 aromatic carbocycles. The number of carboxylic acid groups (broad SMARTS) is 1. The standard InChI is InChI=1S/C25H28O3.C12H22O11.C12H26O4S.C7H6ClNO4S.3Na/c1-25-14-13-20-19-10-8-18(28-24(27)16-5-3-2-4-6-16)15-17(19)7-9-21(20)22(25)11-12-23(25)26;13-1-4(16)7(18)11(5(17)2-14)23-12-10(21)9(20)8(19)6(3-15)22-12;1-2-3-4-5-6-7-8-9-10-11-12-16-17(13,14)15;8-9-14(12,13)6-3-1-5(2-4-6)7(10)11;;;/h2-6,8,10,15,20-23,26H,7,9,11-14H2,1H3;1,4-12,14-21H,2-3H2;2-12H2,1H3,(H,13,14,15);1-4,9H,(H,10,11);;;/q;;;;3*+1/p-2/t20?,21?,22?,23-,25-;4-,5+,6+,7+,8-,9-,10+,11+,12-;;;;;/m00...../s1. The SMILES string of the molecule is CCCCCCCCCCCCOS(=O)(=O)[O-].C[C@]12CCC3c4ccc(OC(=O)c5ccccc5)cc4CCC3C1CC[C@@H]2O.O=C([O-])c1ccc(S(=O)(=O)NCl)cc1.O=C[C@H](O)[C@@H](O)[C@H](O[C@@H]1O[C@H](CO)[C@H](O)[C@H](O)[C@H]1O)[C@H](O)CO.[Na+].[Na+].[Na+]. The number of esters is 1. The Morgan fingerprint density at radius 1 is 0.800 bits per heavy atom. The molecule has 1 heterocycles. The van der Waals surface area contributed by atoms with Gasteiger partial charge in [-0.1, -0.05) is 108 Å². The van der Waals surface area contributed by atoms with Gasteiger partial charge in [-0.2, -0.15) is 0 Å². The molecule has 462 valence electrons. The molecule has 29 heteroatoms. The zero-order chi connectivity index (χ0) is 60.8. The fraction of sp³-hybridized carbons (Fsp3) is 0.625. The third-order valence-corrected chi connectivity index (χ3v) is 17.8. The van der Waals surface area contributed by atoms with Crippen molar-refractivity contribution in [1.82, 2.24) is 4.24 Å². The number of carboxylic acids is 1. The first kappa shape index (κ1) is 81.9. The van der Waals surface area contributed by atoms with Gasteiger partial charge in [-0.3, -0.25) is 4.18 Å².